The summed E-state index contributed by atoms with van der Waals surface area (Å²) in [5, 5.41) is 3.60. The molecule has 2 aromatic carbocycles. The normalized spacial score (nSPS) is 14.3. The van der Waals surface area contributed by atoms with Gasteiger partial charge in [-0.15, -0.1) is 0 Å². The molecule has 6 heteroatoms. The van der Waals surface area contributed by atoms with E-state index >= 15 is 0 Å². The number of Topliss-reactive ketones (excluding diaryl/α,β-unsaturated/α-hetero) is 1. The van der Waals surface area contributed by atoms with Gasteiger partial charge in [0.2, 0.25) is 0 Å². The van der Waals surface area contributed by atoms with Crippen LogP contribution < -0.4 is 10.2 Å². The van der Waals surface area contributed by atoms with E-state index in [1.165, 1.54) is 6.92 Å². The summed E-state index contributed by atoms with van der Waals surface area (Å²) in [7, 11) is 0. The molecule has 5 nitrogen and oxygen atoms in total. The van der Waals surface area contributed by atoms with Gasteiger partial charge in [0.15, 0.2) is 5.78 Å². The molecule has 0 aliphatic carbocycles. The van der Waals surface area contributed by atoms with Crippen LogP contribution in [-0.2, 0) is 0 Å². The number of urea groups is 1. The molecular formula is C19H20ClN3O2. The van der Waals surface area contributed by atoms with E-state index in [0.29, 0.717) is 24.3 Å². The van der Waals surface area contributed by atoms with Crippen molar-refractivity contribution in [2.24, 2.45) is 0 Å². The maximum atomic E-state index is 12.4. The minimum Gasteiger partial charge on any atom is -0.368 e. The third-order valence-electron chi connectivity index (χ3n) is 4.30. The van der Waals surface area contributed by atoms with Crippen LogP contribution in [0, 0.1) is 0 Å². The summed E-state index contributed by atoms with van der Waals surface area (Å²) in [5.74, 6) is 0.0104. The molecule has 1 saturated heterocycles. The van der Waals surface area contributed by atoms with Gasteiger partial charge >= 0.3 is 6.03 Å². The van der Waals surface area contributed by atoms with E-state index in [2.05, 4.69) is 10.2 Å². The largest absolute Gasteiger partial charge is 0.368 e. The summed E-state index contributed by atoms with van der Waals surface area (Å²) in [6.45, 7) is 4.38. The van der Waals surface area contributed by atoms with Gasteiger partial charge in [-0.2, -0.15) is 0 Å². The first kappa shape index (κ1) is 17.3. The van der Waals surface area contributed by atoms with Gasteiger partial charge in [0.05, 0.1) is 0 Å². The van der Waals surface area contributed by atoms with Gasteiger partial charge in [-0.3, -0.25) is 4.79 Å². The molecule has 0 spiro atoms. The molecule has 2 aromatic rings. The smallest absolute Gasteiger partial charge is 0.321 e. The maximum absolute atomic E-state index is 12.4. The minimum atomic E-state index is -0.119. The van der Waals surface area contributed by atoms with Crippen molar-refractivity contribution < 1.29 is 9.59 Å². The number of halogens is 1. The highest BCUT2D eigenvalue weighted by Gasteiger charge is 2.21. The van der Waals surface area contributed by atoms with Crippen molar-refractivity contribution in [3.63, 3.8) is 0 Å². The van der Waals surface area contributed by atoms with E-state index in [0.717, 1.165) is 23.8 Å². The van der Waals surface area contributed by atoms with Crippen LogP contribution in [0.25, 0.3) is 0 Å². The molecule has 130 valence electrons. The second-order valence-corrected chi connectivity index (χ2v) is 6.45. The van der Waals surface area contributed by atoms with E-state index in [1.54, 1.807) is 29.2 Å². The van der Waals surface area contributed by atoms with Crippen LogP contribution >= 0.6 is 11.6 Å². The molecule has 0 radical (unpaired) electrons. The second-order valence-electron chi connectivity index (χ2n) is 6.01. The number of amides is 2. The van der Waals surface area contributed by atoms with E-state index in [-0.39, 0.29) is 11.8 Å². The third kappa shape index (κ3) is 4.31. The van der Waals surface area contributed by atoms with Crippen LogP contribution in [0.2, 0.25) is 5.02 Å². The first-order valence-electron chi connectivity index (χ1n) is 8.20. The number of benzene rings is 2. The van der Waals surface area contributed by atoms with Crippen molar-refractivity contribution >= 4 is 34.8 Å². The summed E-state index contributed by atoms with van der Waals surface area (Å²) in [4.78, 5) is 27.7. The van der Waals surface area contributed by atoms with Crippen molar-refractivity contribution in [2.45, 2.75) is 6.92 Å². The summed E-state index contributed by atoms with van der Waals surface area (Å²) in [6, 6.07) is 14.6. The topological polar surface area (TPSA) is 52.7 Å². The van der Waals surface area contributed by atoms with Crippen LogP contribution in [-0.4, -0.2) is 42.9 Å². The Labute approximate surface area is 152 Å². The molecule has 0 aromatic heterocycles. The monoisotopic (exact) mass is 357 g/mol. The Morgan fingerprint density at radius 2 is 1.52 bits per heavy atom. The average Bonchev–Trinajstić information content (AvgIpc) is 2.63. The molecule has 3 rings (SSSR count). The number of hydrogen-bond donors (Lipinski definition) is 1. The molecule has 1 heterocycles. The fraction of sp³-hybridized carbons (Fsp3) is 0.263. The number of anilines is 2. The van der Waals surface area contributed by atoms with Gasteiger partial charge < -0.3 is 15.1 Å². The van der Waals surface area contributed by atoms with Crippen molar-refractivity contribution in [1.82, 2.24) is 4.90 Å². The van der Waals surface area contributed by atoms with Crippen LogP contribution in [0.1, 0.15) is 17.3 Å². The quantitative estimate of drug-likeness (QED) is 0.848. The number of piperazine rings is 1. The first-order chi connectivity index (χ1) is 12.0. The molecule has 0 saturated carbocycles. The molecule has 1 fully saturated rings. The van der Waals surface area contributed by atoms with Gasteiger partial charge in [-0.25, -0.2) is 4.79 Å². The lowest BCUT2D eigenvalue weighted by Gasteiger charge is -2.36. The summed E-state index contributed by atoms with van der Waals surface area (Å²) >= 11 is 5.92. The fourth-order valence-electron chi connectivity index (χ4n) is 2.81. The maximum Gasteiger partial charge on any atom is 0.321 e. The van der Waals surface area contributed by atoms with Crippen molar-refractivity contribution in [1.29, 1.82) is 0 Å². The lowest BCUT2D eigenvalue weighted by molar-refractivity contribution is 0.101. The summed E-state index contributed by atoms with van der Waals surface area (Å²) < 4.78 is 0. The van der Waals surface area contributed by atoms with E-state index in [4.69, 9.17) is 11.6 Å². The first-order valence-corrected chi connectivity index (χ1v) is 8.58. The second kappa shape index (κ2) is 7.57. The van der Waals surface area contributed by atoms with Gasteiger partial charge in [0, 0.05) is 48.1 Å². The standard InChI is InChI=1S/C19H20ClN3O2/c1-14(24)15-2-6-17(7-3-15)21-19(25)23-12-10-22(11-13-23)18-8-4-16(20)5-9-18/h2-9H,10-13H2,1H3,(H,21,25). The predicted molar refractivity (Wildman–Crippen MR) is 101 cm³/mol. The van der Waals surface area contributed by atoms with E-state index < -0.39 is 0 Å². The average molecular weight is 358 g/mol. The van der Waals surface area contributed by atoms with Gasteiger partial charge in [0.1, 0.15) is 0 Å². The highest BCUT2D eigenvalue weighted by molar-refractivity contribution is 6.30. The molecule has 1 N–H and O–H groups in total. The molecule has 0 bridgehead atoms. The summed E-state index contributed by atoms with van der Waals surface area (Å²) in [5.41, 5.74) is 2.44. The highest BCUT2D eigenvalue weighted by Crippen LogP contribution is 2.20. The molecule has 0 unspecified atom stereocenters. The zero-order valence-corrected chi connectivity index (χ0v) is 14.8. The molecule has 1 aliphatic heterocycles. The van der Waals surface area contributed by atoms with Crippen LogP contribution in [0.15, 0.2) is 48.5 Å². The fourth-order valence-corrected chi connectivity index (χ4v) is 2.94. The Hall–Kier alpha value is -2.53. The number of hydrogen-bond acceptors (Lipinski definition) is 3. The molecule has 1 aliphatic rings. The summed E-state index contributed by atoms with van der Waals surface area (Å²) in [6.07, 6.45) is 0. The van der Waals surface area contributed by atoms with Crippen molar-refractivity contribution in [3.8, 4) is 0 Å². The van der Waals surface area contributed by atoms with Crippen molar-refractivity contribution in [3.05, 3.63) is 59.1 Å². The van der Waals surface area contributed by atoms with Gasteiger partial charge in [0.25, 0.3) is 0 Å². The van der Waals surface area contributed by atoms with Gasteiger partial charge in [-0.1, -0.05) is 11.6 Å². The Balaban J connectivity index is 1.54. The Bertz CT molecular complexity index is 751. The zero-order chi connectivity index (χ0) is 17.8. The number of ketones is 1. The third-order valence-corrected chi connectivity index (χ3v) is 4.55. The zero-order valence-electron chi connectivity index (χ0n) is 14.0. The number of nitrogens with one attached hydrogen (secondary N) is 1. The lowest BCUT2D eigenvalue weighted by Crippen LogP contribution is -2.50. The van der Waals surface area contributed by atoms with E-state index in [9.17, 15) is 9.59 Å². The van der Waals surface area contributed by atoms with Crippen LogP contribution in [0.5, 0.6) is 0 Å². The molecule has 25 heavy (non-hydrogen) atoms. The number of carbonyl (C=O) groups is 2. The number of nitrogens with zero attached hydrogens (tertiary/aromatic N) is 2. The molecule has 2 amide bonds. The predicted octanol–water partition coefficient (Wildman–Crippen LogP) is 3.90. The Morgan fingerprint density at radius 3 is 2.08 bits per heavy atom. The van der Waals surface area contributed by atoms with Crippen molar-refractivity contribution in [2.75, 3.05) is 36.4 Å². The minimum absolute atomic E-state index is 0.0104. The highest BCUT2D eigenvalue weighted by atomic mass is 35.5. The molecular weight excluding hydrogens is 338 g/mol. The number of carbonyl (C=O) groups excluding carboxylic acids is 2. The molecule has 0 atom stereocenters. The van der Waals surface area contributed by atoms with Gasteiger partial charge in [-0.05, 0) is 55.5 Å². The van der Waals surface area contributed by atoms with Crippen LogP contribution in [0.3, 0.4) is 0 Å². The Morgan fingerprint density at radius 1 is 0.920 bits per heavy atom. The number of rotatable bonds is 3. The SMILES string of the molecule is CC(=O)c1ccc(NC(=O)N2CCN(c3ccc(Cl)cc3)CC2)cc1. The van der Waals surface area contributed by atoms with E-state index in [1.807, 2.05) is 24.3 Å². The lowest BCUT2D eigenvalue weighted by atomic mass is 10.1. The Kier molecular flexibility index (Phi) is 5.24. The van der Waals surface area contributed by atoms with Crippen LogP contribution in [0.4, 0.5) is 16.2 Å².